The van der Waals surface area contributed by atoms with E-state index >= 15 is 0 Å². The van der Waals surface area contributed by atoms with Crippen LogP contribution in [0.2, 0.25) is 0 Å². The monoisotopic (exact) mass is 453 g/mol. The Balaban J connectivity index is 1.66. The lowest BCUT2D eigenvalue weighted by molar-refractivity contribution is -0.189. The van der Waals surface area contributed by atoms with E-state index in [-0.39, 0.29) is 17.9 Å². The van der Waals surface area contributed by atoms with Crippen molar-refractivity contribution in [2.24, 2.45) is 5.73 Å². The highest BCUT2D eigenvalue weighted by Gasteiger charge is 2.38. The average molecular weight is 453 g/mol. The number of halogens is 3. The van der Waals surface area contributed by atoms with Crippen molar-refractivity contribution in [3.8, 4) is 34.3 Å². The molecule has 1 unspecified atom stereocenters. The zero-order valence-electron chi connectivity index (χ0n) is 17.3. The van der Waals surface area contributed by atoms with E-state index in [1.807, 2.05) is 30.3 Å². The summed E-state index contributed by atoms with van der Waals surface area (Å²) in [6.45, 7) is 0.936. The number of hydrogen-bond donors (Lipinski definition) is 2. The van der Waals surface area contributed by atoms with Crippen LogP contribution < -0.4 is 10.5 Å². The van der Waals surface area contributed by atoms with Crippen LogP contribution in [0.25, 0.3) is 33.4 Å². The number of nitriles is 1. The fourth-order valence-electron chi connectivity index (χ4n) is 3.51. The molecule has 33 heavy (non-hydrogen) atoms. The molecule has 10 heteroatoms. The largest absolute Gasteiger partial charge is 0.480 e. The highest BCUT2D eigenvalue weighted by Crippen LogP contribution is 2.33. The van der Waals surface area contributed by atoms with E-state index in [4.69, 9.17) is 10.5 Å². The Bertz CT molecular complexity index is 1380. The third kappa shape index (κ3) is 4.39. The van der Waals surface area contributed by atoms with Crippen molar-refractivity contribution >= 4 is 16.8 Å². The van der Waals surface area contributed by atoms with Crippen LogP contribution in [-0.4, -0.2) is 33.0 Å². The highest BCUT2D eigenvalue weighted by atomic mass is 19.4. The van der Waals surface area contributed by atoms with Gasteiger partial charge in [-0.25, -0.2) is 0 Å². The molecular formula is C23H18F3N5O2. The number of fused-ring (bicyclic) bond motifs is 1. The van der Waals surface area contributed by atoms with Gasteiger partial charge in [0.25, 0.3) is 0 Å². The standard InChI is InChI=1S/C23H18F3N5O2/c1-13(23(24,25)26)33-21-6-5-14(9-15(21)11-27)18-10-19(30-29-18)16-3-2-4-20-17(16)7-8-31(20)12-22(28)32/h2-10,13H,12H2,1H3,(H2,28,32)(H,29,30). The van der Waals surface area contributed by atoms with Crippen LogP contribution in [0.4, 0.5) is 13.2 Å². The summed E-state index contributed by atoms with van der Waals surface area (Å²) < 4.78 is 45.1. The first kappa shape index (κ1) is 22.0. The first-order valence-corrected chi connectivity index (χ1v) is 9.87. The van der Waals surface area contributed by atoms with Crippen LogP contribution in [0.15, 0.2) is 54.7 Å². The van der Waals surface area contributed by atoms with Gasteiger partial charge in [-0.05, 0) is 43.3 Å². The average Bonchev–Trinajstić information content (AvgIpc) is 3.41. The number of nitrogens with two attached hydrogens (primary N) is 1. The first-order chi connectivity index (χ1) is 15.7. The molecule has 0 aliphatic carbocycles. The fraction of sp³-hybridized carbons (Fsp3) is 0.174. The second-order valence-corrected chi connectivity index (χ2v) is 7.44. The lowest BCUT2D eigenvalue weighted by atomic mass is 10.0. The summed E-state index contributed by atoms with van der Waals surface area (Å²) in [4.78, 5) is 11.3. The molecule has 4 aromatic rings. The number of carbonyl (C=O) groups is 1. The van der Waals surface area contributed by atoms with Crippen molar-refractivity contribution in [2.45, 2.75) is 25.7 Å². The number of nitrogens with one attached hydrogen (secondary N) is 1. The minimum Gasteiger partial charge on any atom is -0.480 e. The Kier molecular flexibility index (Phi) is 5.55. The number of nitrogens with zero attached hydrogens (tertiary/aromatic N) is 3. The van der Waals surface area contributed by atoms with E-state index in [9.17, 15) is 23.2 Å². The molecule has 0 saturated heterocycles. The second kappa shape index (κ2) is 8.35. The Morgan fingerprint density at radius 1 is 1.27 bits per heavy atom. The molecule has 0 spiro atoms. The van der Waals surface area contributed by atoms with Gasteiger partial charge in [0.1, 0.15) is 18.4 Å². The summed E-state index contributed by atoms with van der Waals surface area (Å²) in [5.41, 5.74) is 8.69. The number of aromatic nitrogens is 3. The molecule has 2 heterocycles. The van der Waals surface area contributed by atoms with Crippen LogP contribution in [0.1, 0.15) is 12.5 Å². The van der Waals surface area contributed by atoms with Crippen molar-refractivity contribution in [1.82, 2.24) is 14.8 Å². The Hall–Kier alpha value is -4.26. The molecule has 3 N–H and O–H groups in total. The van der Waals surface area contributed by atoms with Gasteiger partial charge in [-0.1, -0.05) is 12.1 Å². The molecule has 0 radical (unpaired) electrons. The van der Waals surface area contributed by atoms with Crippen molar-refractivity contribution in [2.75, 3.05) is 0 Å². The summed E-state index contributed by atoms with van der Waals surface area (Å²) in [6, 6.07) is 15.4. The molecule has 7 nitrogen and oxygen atoms in total. The maximum absolute atomic E-state index is 12.8. The second-order valence-electron chi connectivity index (χ2n) is 7.44. The van der Waals surface area contributed by atoms with E-state index in [1.54, 1.807) is 22.9 Å². The van der Waals surface area contributed by atoms with Gasteiger partial charge < -0.3 is 15.0 Å². The molecular weight excluding hydrogens is 435 g/mol. The van der Waals surface area contributed by atoms with E-state index in [1.165, 1.54) is 12.1 Å². The molecule has 0 bridgehead atoms. The van der Waals surface area contributed by atoms with E-state index in [0.29, 0.717) is 17.0 Å². The number of aromatic amines is 1. The van der Waals surface area contributed by atoms with E-state index < -0.39 is 18.2 Å². The van der Waals surface area contributed by atoms with Crippen LogP contribution in [0.5, 0.6) is 5.75 Å². The van der Waals surface area contributed by atoms with Crippen molar-refractivity contribution in [1.29, 1.82) is 5.26 Å². The van der Waals surface area contributed by atoms with Gasteiger partial charge in [0.2, 0.25) is 5.91 Å². The number of ether oxygens (including phenoxy) is 1. The Morgan fingerprint density at radius 3 is 2.76 bits per heavy atom. The van der Waals surface area contributed by atoms with Crippen LogP contribution >= 0.6 is 0 Å². The smallest absolute Gasteiger partial charge is 0.425 e. The van der Waals surface area contributed by atoms with Crippen molar-refractivity contribution in [3.05, 3.63) is 60.3 Å². The van der Waals surface area contributed by atoms with Crippen molar-refractivity contribution < 1.29 is 22.7 Å². The van der Waals surface area contributed by atoms with Gasteiger partial charge in [-0.3, -0.25) is 9.89 Å². The maximum atomic E-state index is 12.8. The minimum atomic E-state index is -4.54. The molecule has 0 aliphatic rings. The summed E-state index contributed by atoms with van der Waals surface area (Å²) in [7, 11) is 0. The highest BCUT2D eigenvalue weighted by molar-refractivity contribution is 5.95. The number of amides is 1. The molecule has 0 saturated carbocycles. The third-order valence-corrected chi connectivity index (χ3v) is 5.17. The van der Waals surface area contributed by atoms with Gasteiger partial charge in [0, 0.05) is 28.2 Å². The predicted molar refractivity (Wildman–Crippen MR) is 115 cm³/mol. The number of hydrogen-bond acceptors (Lipinski definition) is 4. The minimum absolute atomic E-state index is 0.0289. The molecule has 2 aromatic carbocycles. The van der Waals surface area contributed by atoms with Gasteiger partial charge in [-0.15, -0.1) is 0 Å². The molecule has 4 rings (SSSR count). The number of alkyl halides is 3. The van der Waals surface area contributed by atoms with Crippen LogP contribution in [-0.2, 0) is 11.3 Å². The third-order valence-electron chi connectivity index (χ3n) is 5.17. The molecule has 2 aromatic heterocycles. The quantitative estimate of drug-likeness (QED) is 0.451. The zero-order valence-corrected chi connectivity index (χ0v) is 17.3. The van der Waals surface area contributed by atoms with Crippen LogP contribution in [0, 0.1) is 11.3 Å². The van der Waals surface area contributed by atoms with Gasteiger partial charge in [0.15, 0.2) is 6.10 Å². The molecule has 1 amide bonds. The number of carbonyl (C=O) groups excluding carboxylic acids is 1. The molecule has 0 aliphatic heterocycles. The molecule has 168 valence electrons. The SMILES string of the molecule is CC(Oc1ccc(-c2cc(-c3cccc4c3ccn4CC(N)=O)[nH]n2)cc1C#N)C(F)(F)F. The Labute approximate surface area is 186 Å². The number of benzene rings is 2. The Morgan fingerprint density at radius 2 is 2.06 bits per heavy atom. The predicted octanol–water partition coefficient (Wildman–Crippen LogP) is 4.38. The molecule has 1 atom stereocenters. The van der Waals surface area contributed by atoms with Crippen LogP contribution in [0.3, 0.4) is 0 Å². The maximum Gasteiger partial charge on any atom is 0.425 e. The number of primary amides is 1. The number of rotatable bonds is 6. The van der Waals surface area contributed by atoms with E-state index in [0.717, 1.165) is 23.4 Å². The normalized spacial score (nSPS) is 12.5. The first-order valence-electron chi connectivity index (χ1n) is 9.87. The molecule has 0 fully saturated rings. The van der Waals surface area contributed by atoms with Crippen molar-refractivity contribution in [3.63, 3.8) is 0 Å². The fourth-order valence-corrected chi connectivity index (χ4v) is 3.51. The van der Waals surface area contributed by atoms with Gasteiger partial charge in [-0.2, -0.15) is 23.5 Å². The summed E-state index contributed by atoms with van der Waals surface area (Å²) >= 11 is 0. The number of H-pyrrole nitrogens is 1. The van der Waals surface area contributed by atoms with E-state index in [2.05, 4.69) is 10.2 Å². The lowest BCUT2D eigenvalue weighted by Gasteiger charge is -2.18. The zero-order chi connectivity index (χ0) is 23.8. The lowest BCUT2D eigenvalue weighted by Crippen LogP contribution is -2.31. The summed E-state index contributed by atoms with van der Waals surface area (Å²) in [5, 5.41) is 17.5. The van der Waals surface area contributed by atoms with Gasteiger partial charge >= 0.3 is 6.18 Å². The summed E-state index contributed by atoms with van der Waals surface area (Å²) in [5.74, 6) is -0.602. The van der Waals surface area contributed by atoms with Gasteiger partial charge in [0.05, 0.1) is 17.0 Å². The topological polar surface area (TPSA) is 110 Å². The summed E-state index contributed by atoms with van der Waals surface area (Å²) in [6.07, 6.45) is -4.81.